The van der Waals surface area contributed by atoms with Crippen molar-refractivity contribution in [1.29, 1.82) is 0 Å². The van der Waals surface area contributed by atoms with Crippen molar-refractivity contribution in [3.8, 4) is 17.2 Å². The Morgan fingerprint density at radius 2 is 1.60 bits per heavy atom. The summed E-state index contributed by atoms with van der Waals surface area (Å²) < 4.78 is 61.7. The van der Waals surface area contributed by atoms with Gasteiger partial charge in [0.25, 0.3) is 0 Å². The van der Waals surface area contributed by atoms with Gasteiger partial charge in [0.2, 0.25) is 0 Å². The van der Waals surface area contributed by atoms with Crippen molar-refractivity contribution >= 4 is 5.69 Å². The molecular weight excluding hydrogens is 339 g/mol. The number of nitrogens with two attached hydrogens (primary N) is 1. The predicted octanol–water partition coefficient (Wildman–Crippen LogP) is 3.30. The zero-order chi connectivity index (χ0) is 18.4. The maximum absolute atomic E-state index is 14.0. The highest BCUT2D eigenvalue weighted by atomic mass is 19.2. The second kappa shape index (κ2) is 8.48. The minimum absolute atomic E-state index is 0.0690. The molecule has 25 heavy (non-hydrogen) atoms. The number of rotatable bonds is 8. The summed E-state index contributed by atoms with van der Waals surface area (Å²) in [5.74, 6) is -2.53. The van der Waals surface area contributed by atoms with Crippen molar-refractivity contribution in [2.75, 3.05) is 33.2 Å². The Labute approximate surface area is 143 Å². The van der Waals surface area contributed by atoms with Crippen LogP contribution in [0.1, 0.15) is 5.56 Å². The molecule has 0 aromatic heterocycles. The third kappa shape index (κ3) is 4.48. The van der Waals surface area contributed by atoms with Crippen molar-refractivity contribution in [2.45, 2.75) is 6.61 Å². The van der Waals surface area contributed by atoms with E-state index in [0.717, 1.165) is 12.1 Å². The Morgan fingerprint density at radius 3 is 2.28 bits per heavy atom. The standard InChI is InChI=1S/C17H18F3NO4/c1-22-5-6-24-15-7-12(19)13(21)8-16(15)25-9-10-14(23-2)4-3-11(18)17(10)20/h3-4,7-8H,5-6,9,21H2,1-2H3. The van der Waals surface area contributed by atoms with Gasteiger partial charge < -0.3 is 24.7 Å². The third-order valence-electron chi connectivity index (χ3n) is 3.35. The van der Waals surface area contributed by atoms with E-state index in [-0.39, 0.29) is 48.3 Å². The fourth-order valence-corrected chi connectivity index (χ4v) is 2.06. The van der Waals surface area contributed by atoms with Crippen molar-refractivity contribution in [3.63, 3.8) is 0 Å². The first-order valence-electron chi connectivity index (χ1n) is 7.32. The number of benzene rings is 2. The van der Waals surface area contributed by atoms with Crippen molar-refractivity contribution < 1.29 is 32.1 Å². The average molecular weight is 357 g/mol. The second-order valence-corrected chi connectivity index (χ2v) is 4.99. The predicted molar refractivity (Wildman–Crippen MR) is 85.4 cm³/mol. The Morgan fingerprint density at radius 1 is 0.880 bits per heavy atom. The van der Waals surface area contributed by atoms with Crippen LogP contribution in [-0.2, 0) is 11.3 Å². The molecule has 0 atom stereocenters. The Hall–Kier alpha value is -2.61. The Bertz CT molecular complexity index is 740. The summed E-state index contributed by atoms with van der Waals surface area (Å²) in [6.07, 6.45) is 0. The molecule has 0 radical (unpaired) electrons. The van der Waals surface area contributed by atoms with Gasteiger partial charge in [0.1, 0.15) is 24.8 Å². The topological polar surface area (TPSA) is 62.9 Å². The van der Waals surface area contributed by atoms with E-state index in [1.54, 1.807) is 0 Å². The van der Waals surface area contributed by atoms with Crippen LogP contribution < -0.4 is 19.9 Å². The molecule has 0 aliphatic rings. The molecule has 0 aliphatic heterocycles. The highest BCUT2D eigenvalue weighted by Crippen LogP contribution is 2.33. The molecule has 0 unspecified atom stereocenters. The van der Waals surface area contributed by atoms with E-state index in [2.05, 4.69) is 0 Å². The summed E-state index contributed by atoms with van der Waals surface area (Å²) in [5, 5.41) is 0. The minimum Gasteiger partial charge on any atom is -0.496 e. The molecule has 0 saturated carbocycles. The first-order chi connectivity index (χ1) is 12.0. The molecule has 2 N–H and O–H groups in total. The highest BCUT2D eigenvalue weighted by Gasteiger charge is 2.17. The minimum atomic E-state index is -1.09. The maximum Gasteiger partial charge on any atom is 0.169 e. The number of nitrogen functional groups attached to an aromatic ring is 1. The van der Waals surface area contributed by atoms with Crippen LogP contribution in [0.4, 0.5) is 18.9 Å². The zero-order valence-corrected chi connectivity index (χ0v) is 13.8. The molecule has 0 aliphatic carbocycles. The van der Waals surface area contributed by atoms with Gasteiger partial charge in [0, 0.05) is 19.2 Å². The summed E-state index contributed by atoms with van der Waals surface area (Å²) >= 11 is 0. The lowest BCUT2D eigenvalue weighted by Crippen LogP contribution is -2.08. The normalized spacial score (nSPS) is 10.6. The highest BCUT2D eigenvalue weighted by molar-refractivity contribution is 5.53. The summed E-state index contributed by atoms with van der Waals surface area (Å²) in [5.41, 5.74) is 5.25. The number of hydrogen-bond donors (Lipinski definition) is 1. The van der Waals surface area contributed by atoms with Gasteiger partial charge in [-0.1, -0.05) is 0 Å². The van der Waals surface area contributed by atoms with E-state index in [4.69, 9.17) is 24.7 Å². The van der Waals surface area contributed by atoms with Crippen molar-refractivity contribution in [3.05, 3.63) is 47.3 Å². The van der Waals surface area contributed by atoms with Crippen LogP contribution in [-0.4, -0.2) is 27.4 Å². The van der Waals surface area contributed by atoms with E-state index in [1.165, 1.54) is 26.4 Å². The van der Waals surface area contributed by atoms with Gasteiger partial charge in [-0.2, -0.15) is 0 Å². The number of anilines is 1. The maximum atomic E-state index is 14.0. The van der Waals surface area contributed by atoms with Crippen LogP contribution in [0.15, 0.2) is 24.3 Å². The first kappa shape index (κ1) is 18.7. The van der Waals surface area contributed by atoms with Crippen molar-refractivity contribution in [2.24, 2.45) is 0 Å². The molecule has 0 amide bonds. The molecule has 8 heteroatoms. The molecule has 2 rings (SSSR count). The molecule has 0 spiro atoms. The summed E-state index contributed by atoms with van der Waals surface area (Å²) in [4.78, 5) is 0. The number of methoxy groups -OCH3 is 2. The van der Waals surface area contributed by atoms with Gasteiger partial charge in [-0.05, 0) is 12.1 Å². The van der Waals surface area contributed by atoms with Crippen molar-refractivity contribution in [1.82, 2.24) is 0 Å². The molecule has 136 valence electrons. The average Bonchev–Trinajstić information content (AvgIpc) is 2.60. The van der Waals surface area contributed by atoms with Crippen LogP contribution in [0, 0.1) is 17.5 Å². The van der Waals surface area contributed by atoms with Crippen LogP contribution in [0.2, 0.25) is 0 Å². The van der Waals surface area contributed by atoms with Crippen LogP contribution in [0.5, 0.6) is 17.2 Å². The molecule has 0 bridgehead atoms. The van der Waals surface area contributed by atoms with Crippen LogP contribution in [0.25, 0.3) is 0 Å². The Kier molecular flexibility index (Phi) is 6.35. The number of ether oxygens (including phenoxy) is 4. The third-order valence-corrected chi connectivity index (χ3v) is 3.35. The van der Waals surface area contributed by atoms with Gasteiger partial charge in [-0.3, -0.25) is 0 Å². The molecule has 0 heterocycles. The summed E-state index contributed by atoms with van der Waals surface area (Å²) in [7, 11) is 2.81. The fraction of sp³-hybridized carbons (Fsp3) is 0.294. The monoisotopic (exact) mass is 357 g/mol. The molecule has 0 saturated heterocycles. The number of hydrogen-bond acceptors (Lipinski definition) is 5. The SMILES string of the molecule is COCCOc1cc(F)c(N)cc1OCc1c(OC)ccc(F)c1F. The largest absolute Gasteiger partial charge is 0.496 e. The van der Waals surface area contributed by atoms with Gasteiger partial charge in [0.05, 0.1) is 25.0 Å². The molecule has 2 aromatic rings. The van der Waals surface area contributed by atoms with E-state index >= 15 is 0 Å². The van der Waals surface area contributed by atoms with E-state index in [9.17, 15) is 13.2 Å². The lowest BCUT2D eigenvalue weighted by Gasteiger charge is -2.15. The molecule has 2 aromatic carbocycles. The van der Waals surface area contributed by atoms with Gasteiger partial charge in [0.15, 0.2) is 23.1 Å². The molecule has 0 fully saturated rings. The second-order valence-electron chi connectivity index (χ2n) is 4.99. The summed E-state index contributed by atoms with van der Waals surface area (Å²) in [6.45, 7) is 0.0596. The van der Waals surface area contributed by atoms with Crippen LogP contribution in [0.3, 0.4) is 0 Å². The lowest BCUT2D eigenvalue weighted by atomic mass is 10.2. The van der Waals surface area contributed by atoms with Gasteiger partial charge in [-0.25, -0.2) is 13.2 Å². The molecular formula is C17H18F3NO4. The summed E-state index contributed by atoms with van der Waals surface area (Å²) in [6, 6.07) is 4.50. The van der Waals surface area contributed by atoms with E-state index in [0.29, 0.717) is 0 Å². The quantitative estimate of drug-likeness (QED) is 0.580. The van der Waals surface area contributed by atoms with E-state index in [1.807, 2.05) is 0 Å². The van der Waals surface area contributed by atoms with Crippen LogP contribution >= 0.6 is 0 Å². The first-order valence-corrected chi connectivity index (χ1v) is 7.32. The van der Waals surface area contributed by atoms with E-state index < -0.39 is 17.5 Å². The lowest BCUT2D eigenvalue weighted by molar-refractivity contribution is 0.142. The molecule has 5 nitrogen and oxygen atoms in total. The number of halogens is 3. The fourth-order valence-electron chi connectivity index (χ4n) is 2.06. The zero-order valence-electron chi connectivity index (χ0n) is 13.8. The van der Waals surface area contributed by atoms with Gasteiger partial charge in [-0.15, -0.1) is 0 Å². The van der Waals surface area contributed by atoms with Gasteiger partial charge >= 0.3 is 0 Å². The Balaban J connectivity index is 2.25. The smallest absolute Gasteiger partial charge is 0.169 e.